The van der Waals surface area contributed by atoms with Crippen LogP contribution in [-0.2, 0) is 21.4 Å². The van der Waals surface area contributed by atoms with E-state index in [1.807, 2.05) is 4.90 Å². The fourth-order valence-corrected chi connectivity index (χ4v) is 5.31. The molecule has 2 heterocycles. The van der Waals surface area contributed by atoms with Gasteiger partial charge in [-0.1, -0.05) is 58.4 Å². The van der Waals surface area contributed by atoms with Gasteiger partial charge >= 0.3 is 0 Å². The van der Waals surface area contributed by atoms with E-state index in [0.717, 1.165) is 24.8 Å². The van der Waals surface area contributed by atoms with Gasteiger partial charge in [0.1, 0.15) is 0 Å². The van der Waals surface area contributed by atoms with E-state index in [-0.39, 0.29) is 42.1 Å². The van der Waals surface area contributed by atoms with Crippen molar-refractivity contribution in [3.05, 3.63) is 57.3 Å². The lowest BCUT2D eigenvalue weighted by Gasteiger charge is -2.38. The first-order valence-corrected chi connectivity index (χ1v) is 13.0. The first kappa shape index (κ1) is 24.8. The van der Waals surface area contributed by atoms with Crippen LogP contribution in [0.15, 0.2) is 35.7 Å². The highest BCUT2D eigenvalue weighted by atomic mass is 35.5. The second-order valence-electron chi connectivity index (χ2n) is 9.52. The smallest absolute Gasteiger partial charge is 0.242 e. The maximum Gasteiger partial charge on any atom is 0.242 e. The molecule has 4 nitrogen and oxygen atoms in total. The summed E-state index contributed by atoms with van der Waals surface area (Å²) < 4.78 is 0. The normalized spacial score (nSPS) is 16.0. The van der Waals surface area contributed by atoms with Gasteiger partial charge in [0.05, 0.1) is 12.6 Å². The number of hydrogen-bond donors (Lipinski definition) is 0. The van der Waals surface area contributed by atoms with Gasteiger partial charge in [-0.05, 0) is 46.4 Å². The van der Waals surface area contributed by atoms with E-state index in [0.29, 0.717) is 13.1 Å². The summed E-state index contributed by atoms with van der Waals surface area (Å²) >= 11 is 7.57. The molecule has 3 rings (SSSR count). The van der Waals surface area contributed by atoms with Crippen molar-refractivity contribution in [3.8, 4) is 0 Å². The third-order valence-electron chi connectivity index (χ3n) is 6.15. The first-order valence-electron chi connectivity index (χ1n) is 11.6. The Morgan fingerprint density at radius 2 is 1.91 bits per heavy atom. The molecule has 0 aliphatic carbocycles. The van der Waals surface area contributed by atoms with Gasteiger partial charge in [-0.15, -0.1) is 22.9 Å². The van der Waals surface area contributed by atoms with Gasteiger partial charge in [-0.25, -0.2) is 0 Å². The molecule has 174 valence electrons. The summed E-state index contributed by atoms with van der Waals surface area (Å²) in [5.41, 5.74) is 3.69. The molecule has 1 aliphatic heterocycles. The van der Waals surface area contributed by atoms with Crippen LogP contribution < -0.4 is 0 Å². The minimum Gasteiger partial charge on any atom is -0.333 e. The second kappa shape index (κ2) is 10.8. The number of unbranched alkanes of at least 4 members (excludes halogenated alkanes) is 1. The molecule has 1 atom stereocenters. The molecule has 0 N–H and O–H groups in total. The van der Waals surface area contributed by atoms with Crippen molar-refractivity contribution in [2.24, 2.45) is 0 Å². The Morgan fingerprint density at radius 1 is 1.19 bits per heavy atom. The van der Waals surface area contributed by atoms with Crippen LogP contribution in [0.1, 0.15) is 74.6 Å². The molecule has 1 aliphatic rings. The Bertz CT molecular complexity index is 917. The number of alkyl halides is 1. The van der Waals surface area contributed by atoms with E-state index < -0.39 is 0 Å². The number of hydrogen-bond acceptors (Lipinski definition) is 3. The molecular formula is C26H35ClN2O2S. The van der Waals surface area contributed by atoms with Gasteiger partial charge in [0.15, 0.2) is 0 Å². The van der Waals surface area contributed by atoms with Crippen LogP contribution in [0.2, 0.25) is 0 Å². The zero-order valence-corrected chi connectivity index (χ0v) is 21.3. The van der Waals surface area contributed by atoms with Crippen LogP contribution >= 0.6 is 22.9 Å². The summed E-state index contributed by atoms with van der Waals surface area (Å²) in [7, 11) is 0. The molecule has 2 aromatic rings. The lowest BCUT2D eigenvalue weighted by molar-refractivity contribution is -0.141. The summed E-state index contributed by atoms with van der Waals surface area (Å²) in [5.74, 6) is 0.243. The standard InChI is InChI=1S/C26H35ClN2O2S/c1-5-6-15-28(23(30)11-14-27)18-24(31)29-16-12-22-21(13-17-32-22)25(29)19-7-9-20(10-8-19)26(2,3)4/h7-10,13,17,25H,5-6,11-12,14-16,18H2,1-4H3. The van der Waals surface area contributed by atoms with Crippen LogP contribution in [0.3, 0.4) is 0 Å². The van der Waals surface area contributed by atoms with Crippen LogP contribution in [-0.4, -0.2) is 47.1 Å². The van der Waals surface area contributed by atoms with Gasteiger partial charge in [0, 0.05) is 30.3 Å². The predicted molar refractivity (Wildman–Crippen MR) is 134 cm³/mol. The fraction of sp³-hybridized carbons (Fsp3) is 0.538. The molecule has 2 amide bonds. The molecule has 0 fully saturated rings. The fourth-order valence-electron chi connectivity index (χ4n) is 4.24. The van der Waals surface area contributed by atoms with E-state index in [2.05, 4.69) is 63.4 Å². The first-order chi connectivity index (χ1) is 15.3. The lowest BCUT2D eigenvalue weighted by atomic mass is 9.85. The molecule has 6 heteroatoms. The van der Waals surface area contributed by atoms with Crippen molar-refractivity contribution in [1.82, 2.24) is 9.80 Å². The number of nitrogens with zero attached hydrogens (tertiary/aromatic N) is 2. The largest absolute Gasteiger partial charge is 0.333 e. The second-order valence-corrected chi connectivity index (χ2v) is 10.9. The maximum absolute atomic E-state index is 13.5. The van der Waals surface area contributed by atoms with Gasteiger partial charge in [0.25, 0.3) is 0 Å². The van der Waals surface area contributed by atoms with Crippen molar-refractivity contribution in [1.29, 1.82) is 0 Å². The van der Waals surface area contributed by atoms with Crippen molar-refractivity contribution < 1.29 is 9.59 Å². The van der Waals surface area contributed by atoms with Crippen molar-refractivity contribution in [2.45, 2.75) is 64.8 Å². The van der Waals surface area contributed by atoms with E-state index in [1.165, 1.54) is 16.0 Å². The van der Waals surface area contributed by atoms with Crippen molar-refractivity contribution >= 4 is 34.8 Å². The zero-order chi connectivity index (χ0) is 23.3. The number of amides is 2. The Balaban J connectivity index is 1.88. The van der Waals surface area contributed by atoms with Gasteiger partial charge in [-0.2, -0.15) is 0 Å². The van der Waals surface area contributed by atoms with Crippen LogP contribution in [0.5, 0.6) is 0 Å². The predicted octanol–water partition coefficient (Wildman–Crippen LogP) is 5.78. The molecule has 1 aromatic carbocycles. The van der Waals surface area contributed by atoms with Gasteiger partial charge in [0.2, 0.25) is 11.8 Å². The molecule has 0 saturated heterocycles. The van der Waals surface area contributed by atoms with E-state index in [9.17, 15) is 9.59 Å². The van der Waals surface area contributed by atoms with E-state index in [1.54, 1.807) is 16.2 Å². The minimum atomic E-state index is -0.109. The highest BCUT2D eigenvalue weighted by Crippen LogP contribution is 2.38. The summed E-state index contributed by atoms with van der Waals surface area (Å²) in [6.45, 7) is 10.1. The number of benzene rings is 1. The topological polar surface area (TPSA) is 40.6 Å². The molecular weight excluding hydrogens is 440 g/mol. The highest BCUT2D eigenvalue weighted by molar-refractivity contribution is 7.10. The highest BCUT2D eigenvalue weighted by Gasteiger charge is 2.34. The quantitative estimate of drug-likeness (QED) is 0.455. The number of fused-ring (bicyclic) bond motifs is 1. The Morgan fingerprint density at radius 3 is 2.53 bits per heavy atom. The maximum atomic E-state index is 13.5. The summed E-state index contributed by atoms with van der Waals surface area (Å²) in [4.78, 5) is 31.1. The monoisotopic (exact) mass is 474 g/mol. The summed E-state index contributed by atoms with van der Waals surface area (Å²) in [6.07, 6.45) is 2.99. The van der Waals surface area contributed by atoms with Crippen LogP contribution in [0, 0.1) is 0 Å². The summed E-state index contributed by atoms with van der Waals surface area (Å²) in [6, 6.07) is 10.7. The average molecular weight is 475 g/mol. The van der Waals surface area contributed by atoms with Crippen molar-refractivity contribution in [2.75, 3.05) is 25.5 Å². The third kappa shape index (κ3) is 5.74. The molecule has 0 saturated carbocycles. The van der Waals surface area contributed by atoms with Crippen LogP contribution in [0.4, 0.5) is 0 Å². The number of halogens is 1. The van der Waals surface area contributed by atoms with Crippen LogP contribution in [0.25, 0.3) is 0 Å². The van der Waals surface area contributed by atoms with E-state index >= 15 is 0 Å². The minimum absolute atomic E-state index is 0.00535. The zero-order valence-electron chi connectivity index (χ0n) is 19.7. The summed E-state index contributed by atoms with van der Waals surface area (Å²) in [5, 5.41) is 2.12. The SMILES string of the molecule is CCCCN(CC(=O)N1CCc2sccc2C1c1ccc(C(C)(C)C)cc1)C(=O)CCCl. The average Bonchev–Trinajstić information content (AvgIpc) is 3.24. The Labute approximate surface area is 201 Å². The van der Waals surface area contributed by atoms with E-state index in [4.69, 9.17) is 11.6 Å². The van der Waals surface area contributed by atoms with Crippen molar-refractivity contribution in [3.63, 3.8) is 0 Å². The number of rotatable bonds is 8. The third-order valence-corrected chi connectivity index (χ3v) is 7.33. The Kier molecular flexibility index (Phi) is 8.40. The molecule has 0 spiro atoms. The molecule has 1 aromatic heterocycles. The molecule has 1 unspecified atom stereocenters. The molecule has 0 radical (unpaired) electrons. The van der Waals surface area contributed by atoms with Gasteiger partial charge < -0.3 is 9.80 Å². The Hall–Kier alpha value is -1.85. The number of carbonyl (C=O) groups is 2. The lowest BCUT2D eigenvalue weighted by Crippen LogP contribution is -2.47. The van der Waals surface area contributed by atoms with Gasteiger partial charge in [-0.3, -0.25) is 9.59 Å². The molecule has 0 bridgehead atoms. The number of carbonyl (C=O) groups excluding carboxylic acids is 2. The molecule has 32 heavy (non-hydrogen) atoms. The number of thiophene rings is 1.